The summed E-state index contributed by atoms with van der Waals surface area (Å²) in [5, 5.41) is 0. The minimum atomic E-state index is -0.155. The molecule has 1 saturated heterocycles. The van der Waals surface area contributed by atoms with Crippen LogP contribution in [0.2, 0.25) is 0 Å². The summed E-state index contributed by atoms with van der Waals surface area (Å²) in [6.45, 7) is 3.96. The van der Waals surface area contributed by atoms with Crippen molar-refractivity contribution in [1.82, 2.24) is 4.90 Å². The van der Waals surface area contributed by atoms with Crippen molar-refractivity contribution in [3.63, 3.8) is 0 Å². The van der Waals surface area contributed by atoms with Gasteiger partial charge in [0.05, 0.1) is 6.61 Å². The van der Waals surface area contributed by atoms with Gasteiger partial charge in [-0.1, -0.05) is 12.1 Å². The molecule has 1 aliphatic rings. The first-order chi connectivity index (χ1) is 7.79. The largest absolute Gasteiger partial charge is 0.383 e. The lowest BCUT2D eigenvalue weighted by Gasteiger charge is -2.15. The monoisotopic (exact) mass is 223 g/mol. The molecule has 2 nitrogen and oxygen atoms in total. The average molecular weight is 223 g/mol. The normalized spacial score (nSPS) is 21.5. The van der Waals surface area contributed by atoms with Gasteiger partial charge in [0.15, 0.2) is 0 Å². The van der Waals surface area contributed by atoms with Crippen LogP contribution >= 0.6 is 0 Å². The molecule has 0 aliphatic carbocycles. The van der Waals surface area contributed by atoms with E-state index in [1.54, 1.807) is 19.2 Å². The fourth-order valence-corrected chi connectivity index (χ4v) is 2.26. The van der Waals surface area contributed by atoms with Crippen LogP contribution in [0.15, 0.2) is 24.3 Å². The molecule has 1 fully saturated rings. The van der Waals surface area contributed by atoms with Gasteiger partial charge in [0.2, 0.25) is 0 Å². The van der Waals surface area contributed by atoms with Gasteiger partial charge in [0.25, 0.3) is 0 Å². The molecule has 0 aromatic heterocycles. The number of rotatable bonds is 4. The van der Waals surface area contributed by atoms with Crippen LogP contribution in [0.1, 0.15) is 17.9 Å². The summed E-state index contributed by atoms with van der Waals surface area (Å²) < 4.78 is 17.9. The molecule has 16 heavy (non-hydrogen) atoms. The van der Waals surface area contributed by atoms with E-state index in [4.69, 9.17) is 4.74 Å². The predicted molar refractivity (Wildman–Crippen MR) is 62.1 cm³/mol. The van der Waals surface area contributed by atoms with E-state index in [-0.39, 0.29) is 5.82 Å². The smallest absolute Gasteiger partial charge is 0.123 e. The molecular formula is C13H18FNO. The van der Waals surface area contributed by atoms with Crippen LogP contribution in [-0.4, -0.2) is 38.3 Å². The topological polar surface area (TPSA) is 12.5 Å². The standard InChI is InChI=1S/C13H18FNO/c1-16-9-8-15-7-6-12(10-15)11-2-4-13(14)5-3-11/h2-5,12H,6-10H2,1H3/t12-/m0/s1. The van der Waals surface area contributed by atoms with Gasteiger partial charge in [-0.25, -0.2) is 4.39 Å². The van der Waals surface area contributed by atoms with Crippen molar-refractivity contribution < 1.29 is 9.13 Å². The van der Waals surface area contributed by atoms with E-state index in [0.717, 1.165) is 32.7 Å². The maximum absolute atomic E-state index is 12.8. The Labute approximate surface area is 96.0 Å². The second-order valence-electron chi connectivity index (χ2n) is 4.33. The van der Waals surface area contributed by atoms with E-state index in [2.05, 4.69) is 4.90 Å². The Bertz CT molecular complexity index is 325. The fourth-order valence-electron chi connectivity index (χ4n) is 2.26. The summed E-state index contributed by atoms with van der Waals surface area (Å²) in [5.74, 6) is 0.399. The highest BCUT2D eigenvalue weighted by atomic mass is 19.1. The van der Waals surface area contributed by atoms with Crippen LogP contribution in [-0.2, 0) is 4.74 Å². The lowest BCUT2D eigenvalue weighted by atomic mass is 9.99. The van der Waals surface area contributed by atoms with Crippen LogP contribution < -0.4 is 0 Å². The Morgan fingerprint density at radius 3 is 2.81 bits per heavy atom. The van der Waals surface area contributed by atoms with Crippen molar-refractivity contribution in [3.05, 3.63) is 35.6 Å². The van der Waals surface area contributed by atoms with Gasteiger partial charge in [0, 0.05) is 20.2 Å². The minimum absolute atomic E-state index is 0.155. The van der Waals surface area contributed by atoms with Crippen molar-refractivity contribution in [1.29, 1.82) is 0 Å². The lowest BCUT2D eigenvalue weighted by Crippen LogP contribution is -2.24. The van der Waals surface area contributed by atoms with Gasteiger partial charge in [-0.3, -0.25) is 0 Å². The number of likely N-dealkylation sites (tertiary alicyclic amines) is 1. The highest BCUT2D eigenvalue weighted by Gasteiger charge is 2.23. The zero-order chi connectivity index (χ0) is 11.4. The molecule has 3 heteroatoms. The van der Waals surface area contributed by atoms with Gasteiger partial charge in [-0.2, -0.15) is 0 Å². The Kier molecular flexibility index (Phi) is 3.91. The first-order valence-electron chi connectivity index (χ1n) is 5.76. The maximum atomic E-state index is 12.8. The number of methoxy groups -OCH3 is 1. The summed E-state index contributed by atoms with van der Waals surface area (Å²) in [7, 11) is 1.73. The van der Waals surface area contributed by atoms with Gasteiger partial charge in [-0.05, 0) is 36.6 Å². The van der Waals surface area contributed by atoms with Gasteiger partial charge in [-0.15, -0.1) is 0 Å². The summed E-state index contributed by atoms with van der Waals surface area (Å²) >= 11 is 0. The molecule has 0 saturated carbocycles. The number of hydrogen-bond acceptors (Lipinski definition) is 2. The minimum Gasteiger partial charge on any atom is -0.383 e. The summed E-state index contributed by atoms with van der Waals surface area (Å²) in [6.07, 6.45) is 1.16. The summed E-state index contributed by atoms with van der Waals surface area (Å²) in [6, 6.07) is 6.90. The molecule has 88 valence electrons. The number of nitrogens with zero attached hydrogens (tertiary/aromatic N) is 1. The molecule has 0 N–H and O–H groups in total. The molecule has 2 rings (SSSR count). The van der Waals surface area contributed by atoms with Crippen LogP contribution in [0, 0.1) is 5.82 Å². The molecule has 1 aromatic carbocycles. The van der Waals surface area contributed by atoms with E-state index >= 15 is 0 Å². The third kappa shape index (κ3) is 2.80. The molecule has 1 heterocycles. The van der Waals surface area contributed by atoms with Crippen molar-refractivity contribution in [2.75, 3.05) is 33.4 Å². The first kappa shape index (κ1) is 11.6. The molecule has 0 unspecified atom stereocenters. The van der Waals surface area contributed by atoms with E-state index in [0.29, 0.717) is 5.92 Å². The van der Waals surface area contributed by atoms with Crippen LogP contribution in [0.25, 0.3) is 0 Å². The van der Waals surface area contributed by atoms with Gasteiger partial charge >= 0.3 is 0 Å². The Morgan fingerprint density at radius 2 is 2.12 bits per heavy atom. The molecular weight excluding hydrogens is 205 g/mol. The van der Waals surface area contributed by atoms with E-state index in [9.17, 15) is 4.39 Å². The predicted octanol–water partition coefficient (Wildman–Crippen LogP) is 2.26. The third-order valence-electron chi connectivity index (χ3n) is 3.23. The van der Waals surface area contributed by atoms with Crippen LogP contribution in [0.5, 0.6) is 0 Å². The zero-order valence-corrected chi connectivity index (χ0v) is 9.66. The quantitative estimate of drug-likeness (QED) is 0.776. The van der Waals surface area contributed by atoms with Crippen LogP contribution in [0.3, 0.4) is 0 Å². The maximum Gasteiger partial charge on any atom is 0.123 e. The Hall–Kier alpha value is -0.930. The van der Waals surface area contributed by atoms with E-state index in [1.165, 1.54) is 5.56 Å². The number of benzene rings is 1. The van der Waals surface area contributed by atoms with Crippen molar-refractivity contribution in [2.45, 2.75) is 12.3 Å². The molecule has 0 spiro atoms. The van der Waals surface area contributed by atoms with Crippen molar-refractivity contribution in [2.24, 2.45) is 0 Å². The van der Waals surface area contributed by atoms with E-state index < -0.39 is 0 Å². The van der Waals surface area contributed by atoms with E-state index in [1.807, 2.05) is 12.1 Å². The number of hydrogen-bond donors (Lipinski definition) is 0. The zero-order valence-electron chi connectivity index (χ0n) is 9.66. The third-order valence-corrected chi connectivity index (χ3v) is 3.23. The molecule has 0 radical (unpaired) electrons. The number of ether oxygens (including phenoxy) is 1. The van der Waals surface area contributed by atoms with Gasteiger partial charge in [0.1, 0.15) is 5.82 Å². The molecule has 1 atom stereocenters. The second-order valence-corrected chi connectivity index (χ2v) is 4.33. The summed E-state index contributed by atoms with van der Waals surface area (Å²) in [4.78, 5) is 2.40. The van der Waals surface area contributed by atoms with Crippen molar-refractivity contribution in [3.8, 4) is 0 Å². The average Bonchev–Trinajstić information content (AvgIpc) is 2.76. The molecule has 1 aromatic rings. The fraction of sp³-hybridized carbons (Fsp3) is 0.538. The molecule has 0 amide bonds. The molecule has 0 bridgehead atoms. The highest BCUT2D eigenvalue weighted by molar-refractivity contribution is 5.21. The SMILES string of the molecule is COCCN1CC[C@H](c2ccc(F)cc2)C1. The van der Waals surface area contributed by atoms with Gasteiger partial charge < -0.3 is 9.64 Å². The Balaban J connectivity index is 1.90. The summed E-state index contributed by atoms with van der Waals surface area (Å²) in [5.41, 5.74) is 1.25. The number of halogens is 1. The lowest BCUT2D eigenvalue weighted by molar-refractivity contribution is 0.160. The van der Waals surface area contributed by atoms with Crippen molar-refractivity contribution >= 4 is 0 Å². The second kappa shape index (κ2) is 5.41. The van der Waals surface area contributed by atoms with Crippen LogP contribution in [0.4, 0.5) is 4.39 Å². The first-order valence-corrected chi connectivity index (χ1v) is 5.76. The molecule has 1 aliphatic heterocycles. The highest BCUT2D eigenvalue weighted by Crippen LogP contribution is 2.26. The Morgan fingerprint density at radius 1 is 1.38 bits per heavy atom.